The Hall–Kier alpha value is -4.71. The van der Waals surface area contributed by atoms with Crippen LogP contribution in [-0.4, -0.2) is 37.2 Å². The zero-order valence-electron chi connectivity index (χ0n) is 44.7. The minimum absolute atomic E-state index is 0.116. The van der Waals surface area contributed by atoms with E-state index in [0.29, 0.717) is 19.3 Å². The van der Waals surface area contributed by atoms with Gasteiger partial charge in [-0.25, -0.2) is 0 Å². The summed E-state index contributed by atoms with van der Waals surface area (Å²) < 4.78 is 16.8. The van der Waals surface area contributed by atoms with Gasteiger partial charge >= 0.3 is 17.9 Å². The van der Waals surface area contributed by atoms with Crippen LogP contribution in [0.15, 0.2) is 146 Å². The van der Waals surface area contributed by atoms with Crippen LogP contribution in [0.3, 0.4) is 0 Å². The van der Waals surface area contributed by atoms with Gasteiger partial charge in [0.15, 0.2) is 6.10 Å². The van der Waals surface area contributed by atoms with E-state index in [1.807, 2.05) is 0 Å². The van der Waals surface area contributed by atoms with Gasteiger partial charge in [0.25, 0.3) is 0 Å². The van der Waals surface area contributed by atoms with E-state index in [2.05, 4.69) is 167 Å². The molecule has 0 aliphatic rings. The summed E-state index contributed by atoms with van der Waals surface area (Å²) in [7, 11) is 0. The Morgan fingerprint density at radius 1 is 0.300 bits per heavy atom. The predicted octanol–water partition coefficient (Wildman–Crippen LogP) is 18.8. The number of ether oxygens (including phenoxy) is 3. The average molecular weight is 965 g/mol. The summed E-state index contributed by atoms with van der Waals surface area (Å²) >= 11 is 0. The molecule has 0 spiro atoms. The number of rotatable bonds is 48. The summed E-state index contributed by atoms with van der Waals surface area (Å²) in [5.41, 5.74) is 0. The summed E-state index contributed by atoms with van der Waals surface area (Å²) in [6, 6.07) is 0. The first-order valence-electron chi connectivity index (χ1n) is 27.8. The standard InChI is InChI=1S/C64H100O6/c1-4-7-10-13-16-19-22-25-27-29-31-32-34-35-37-39-42-45-48-51-54-57-63(66)69-60-61(59-68-62(65)56-53-50-47-44-41-24-21-18-15-12-9-6-3)70-64(67)58-55-52-49-46-43-40-38-36-33-30-28-26-23-20-17-14-11-8-5-2/h7-8,10-11,16-21,25-28,31-33,35-37,40,42-43,45,61H,4-6,9,12-15,22-24,29-30,34,38-39,41,44,46-60H2,1-3H3/b10-7-,11-8-,19-16-,20-17-,21-18-,27-25-,28-26-,32-31-,36-33-,37-35-,43-40-,45-42-. The van der Waals surface area contributed by atoms with E-state index in [-0.39, 0.29) is 44.0 Å². The molecule has 0 bridgehead atoms. The predicted molar refractivity (Wildman–Crippen MR) is 302 cm³/mol. The first kappa shape index (κ1) is 65.3. The summed E-state index contributed by atoms with van der Waals surface area (Å²) in [4.78, 5) is 38.1. The Labute approximate surface area is 429 Å². The van der Waals surface area contributed by atoms with Gasteiger partial charge in [0.2, 0.25) is 0 Å². The van der Waals surface area contributed by atoms with Gasteiger partial charge in [0.1, 0.15) is 13.2 Å². The van der Waals surface area contributed by atoms with Crippen LogP contribution in [0.4, 0.5) is 0 Å². The molecule has 0 aromatic carbocycles. The third-order valence-electron chi connectivity index (χ3n) is 11.1. The van der Waals surface area contributed by atoms with Gasteiger partial charge in [-0.1, -0.05) is 205 Å². The summed E-state index contributed by atoms with van der Waals surface area (Å²) in [6.45, 7) is 6.29. The third kappa shape index (κ3) is 54.2. The maximum Gasteiger partial charge on any atom is 0.306 e. The number of hydrogen-bond donors (Lipinski definition) is 0. The lowest BCUT2D eigenvalue weighted by atomic mass is 10.1. The lowest BCUT2D eigenvalue weighted by Gasteiger charge is -2.18. The fourth-order valence-electron chi connectivity index (χ4n) is 6.93. The van der Waals surface area contributed by atoms with Gasteiger partial charge < -0.3 is 14.2 Å². The Kier molecular flexibility index (Phi) is 53.0. The Morgan fingerprint density at radius 2 is 0.557 bits per heavy atom. The van der Waals surface area contributed by atoms with Gasteiger partial charge in [-0.15, -0.1) is 0 Å². The van der Waals surface area contributed by atoms with Crippen LogP contribution >= 0.6 is 0 Å². The van der Waals surface area contributed by atoms with E-state index in [9.17, 15) is 14.4 Å². The molecule has 6 nitrogen and oxygen atoms in total. The zero-order chi connectivity index (χ0) is 50.7. The normalized spacial score (nSPS) is 13.2. The van der Waals surface area contributed by atoms with Crippen molar-refractivity contribution in [1.29, 1.82) is 0 Å². The van der Waals surface area contributed by atoms with Gasteiger partial charge in [0.05, 0.1) is 0 Å². The second-order valence-electron chi connectivity index (χ2n) is 17.7. The van der Waals surface area contributed by atoms with Crippen LogP contribution in [-0.2, 0) is 28.6 Å². The van der Waals surface area contributed by atoms with Crippen molar-refractivity contribution in [2.75, 3.05) is 13.2 Å². The van der Waals surface area contributed by atoms with Crippen LogP contribution in [0.5, 0.6) is 0 Å². The number of unbranched alkanes of at least 4 members (excludes halogenated alkanes) is 13. The third-order valence-corrected chi connectivity index (χ3v) is 11.1. The summed E-state index contributed by atoms with van der Waals surface area (Å²) in [5.74, 6) is -1.01. The van der Waals surface area contributed by atoms with Crippen molar-refractivity contribution < 1.29 is 28.6 Å². The first-order chi connectivity index (χ1) is 34.5. The molecule has 70 heavy (non-hydrogen) atoms. The van der Waals surface area contributed by atoms with Crippen LogP contribution in [0, 0.1) is 0 Å². The molecule has 0 aromatic heterocycles. The van der Waals surface area contributed by atoms with Crippen LogP contribution in [0.2, 0.25) is 0 Å². The van der Waals surface area contributed by atoms with Crippen molar-refractivity contribution in [3.63, 3.8) is 0 Å². The van der Waals surface area contributed by atoms with Crippen molar-refractivity contribution in [2.24, 2.45) is 0 Å². The molecule has 0 fully saturated rings. The second kappa shape index (κ2) is 56.9. The van der Waals surface area contributed by atoms with Crippen molar-refractivity contribution >= 4 is 17.9 Å². The molecule has 0 N–H and O–H groups in total. The molecule has 0 aliphatic carbocycles. The van der Waals surface area contributed by atoms with Gasteiger partial charge in [-0.05, 0) is 141 Å². The quantitative estimate of drug-likeness (QED) is 0.0262. The minimum atomic E-state index is -0.824. The summed E-state index contributed by atoms with van der Waals surface area (Å²) in [5, 5.41) is 0. The lowest BCUT2D eigenvalue weighted by Crippen LogP contribution is -2.30. The van der Waals surface area contributed by atoms with Crippen LogP contribution in [0.1, 0.15) is 220 Å². The zero-order valence-corrected chi connectivity index (χ0v) is 44.7. The van der Waals surface area contributed by atoms with Crippen LogP contribution in [0.25, 0.3) is 0 Å². The maximum atomic E-state index is 12.8. The maximum absolute atomic E-state index is 12.8. The van der Waals surface area contributed by atoms with Gasteiger partial charge in [0, 0.05) is 19.3 Å². The second-order valence-corrected chi connectivity index (χ2v) is 17.7. The monoisotopic (exact) mass is 965 g/mol. The van der Waals surface area contributed by atoms with Crippen molar-refractivity contribution in [3.05, 3.63) is 146 Å². The molecular weight excluding hydrogens is 865 g/mol. The SMILES string of the molecule is CC/C=C\C/C=C\C/C=C\C/C=C\C/C=C\C/C=C\CCCCC(=O)OCC(COC(=O)CCCCCCC/C=C\CCCCC)OC(=O)CCCCC/C=C\C/C=C\C/C=C\C/C=C\C/C=C\CC. The minimum Gasteiger partial charge on any atom is -0.462 e. The van der Waals surface area contributed by atoms with Crippen molar-refractivity contribution in [1.82, 2.24) is 0 Å². The molecule has 0 heterocycles. The molecule has 0 aromatic rings. The van der Waals surface area contributed by atoms with E-state index in [4.69, 9.17) is 14.2 Å². The molecule has 0 aliphatic heterocycles. The molecule has 1 unspecified atom stereocenters. The van der Waals surface area contributed by atoms with E-state index < -0.39 is 6.10 Å². The highest BCUT2D eigenvalue weighted by atomic mass is 16.6. The molecule has 392 valence electrons. The smallest absolute Gasteiger partial charge is 0.306 e. The number of carbonyl (C=O) groups is 3. The van der Waals surface area contributed by atoms with E-state index in [1.54, 1.807) is 0 Å². The molecule has 1 atom stereocenters. The number of esters is 3. The highest BCUT2D eigenvalue weighted by Crippen LogP contribution is 2.12. The molecular formula is C64H100O6. The Bertz CT molecular complexity index is 1580. The first-order valence-corrected chi connectivity index (χ1v) is 27.8. The molecule has 0 rings (SSSR count). The fraction of sp³-hybridized carbons (Fsp3) is 0.578. The lowest BCUT2D eigenvalue weighted by molar-refractivity contribution is -0.167. The Morgan fingerprint density at radius 3 is 0.929 bits per heavy atom. The summed E-state index contributed by atoms with van der Waals surface area (Å²) in [6.07, 6.45) is 81.2. The van der Waals surface area contributed by atoms with Crippen molar-refractivity contribution in [2.45, 2.75) is 226 Å². The molecule has 0 amide bonds. The highest BCUT2D eigenvalue weighted by molar-refractivity contribution is 5.71. The highest BCUT2D eigenvalue weighted by Gasteiger charge is 2.19. The van der Waals surface area contributed by atoms with E-state index >= 15 is 0 Å². The number of carbonyl (C=O) groups excluding carboxylic acids is 3. The largest absolute Gasteiger partial charge is 0.462 e. The number of hydrogen-bond acceptors (Lipinski definition) is 6. The van der Waals surface area contributed by atoms with E-state index in [0.717, 1.165) is 135 Å². The van der Waals surface area contributed by atoms with Gasteiger partial charge in [-0.2, -0.15) is 0 Å². The van der Waals surface area contributed by atoms with Gasteiger partial charge in [-0.3, -0.25) is 14.4 Å². The molecule has 6 heteroatoms. The number of allylic oxidation sites excluding steroid dienone is 24. The topological polar surface area (TPSA) is 78.9 Å². The molecule has 0 saturated carbocycles. The fourth-order valence-corrected chi connectivity index (χ4v) is 6.93. The van der Waals surface area contributed by atoms with Crippen molar-refractivity contribution in [3.8, 4) is 0 Å². The average Bonchev–Trinajstić information content (AvgIpc) is 3.36. The van der Waals surface area contributed by atoms with E-state index in [1.165, 1.54) is 32.1 Å². The molecule has 0 saturated heterocycles. The molecule has 0 radical (unpaired) electrons. The van der Waals surface area contributed by atoms with Crippen LogP contribution < -0.4 is 0 Å². The Balaban J connectivity index is 4.55.